The molecule has 1 aliphatic carbocycles. The first kappa shape index (κ1) is 18.8. The van der Waals surface area contributed by atoms with Crippen LogP contribution >= 0.6 is 0 Å². The van der Waals surface area contributed by atoms with Crippen LogP contribution in [0, 0.1) is 0 Å². The zero-order chi connectivity index (χ0) is 20.2. The minimum Gasteiger partial charge on any atom is -0.365 e. The van der Waals surface area contributed by atoms with Gasteiger partial charge in [-0.1, -0.05) is 18.9 Å². The highest BCUT2D eigenvalue weighted by molar-refractivity contribution is 5.97. The molecule has 0 bridgehead atoms. The van der Waals surface area contributed by atoms with Crippen LogP contribution in [0.5, 0.6) is 0 Å². The average molecular weight is 393 g/mol. The first-order valence-corrected chi connectivity index (χ1v) is 9.51. The van der Waals surface area contributed by atoms with E-state index >= 15 is 0 Å². The molecule has 3 aromatic rings. The number of hydrogen-bond acceptors (Lipinski definition) is 8. The summed E-state index contributed by atoms with van der Waals surface area (Å²) in [6.07, 6.45) is 9.96. The van der Waals surface area contributed by atoms with E-state index < -0.39 is 5.91 Å². The number of hydrazine groups is 1. The average Bonchev–Trinajstić information content (AvgIpc) is 3.28. The zero-order valence-electron chi connectivity index (χ0n) is 15.8. The maximum Gasteiger partial charge on any atom is 0.254 e. The van der Waals surface area contributed by atoms with Gasteiger partial charge in [-0.15, -0.1) is 0 Å². The van der Waals surface area contributed by atoms with Crippen LogP contribution in [0.1, 0.15) is 36.0 Å². The normalized spacial score (nSPS) is 18.9. The quantitative estimate of drug-likeness (QED) is 0.532. The molecule has 150 valence electrons. The molecule has 0 unspecified atom stereocenters. The highest BCUT2D eigenvalue weighted by Gasteiger charge is 2.31. The molecule has 0 saturated heterocycles. The molecule has 1 amide bonds. The number of primary amides is 1. The van der Waals surface area contributed by atoms with Gasteiger partial charge in [-0.25, -0.2) is 9.97 Å². The van der Waals surface area contributed by atoms with Gasteiger partial charge in [-0.05, 0) is 31.0 Å². The maximum atomic E-state index is 12.0. The minimum atomic E-state index is -0.591. The van der Waals surface area contributed by atoms with Gasteiger partial charge in [-0.3, -0.25) is 15.2 Å². The summed E-state index contributed by atoms with van der Waals surface area (Å²) in [5, 5.41) is 10.2. The third-order valence-electron chi connectivity index (χ3n) is 5.04. The summed E-state index contributed by atoms with van der Waals surface area (Å²) in [6, 6.07) is 7.51. The minimum absolute atomic E-state index is 0.0526. The monoisotopic (exact) mass is 393 g/mol. The molecule has 1 aliphatic rings. The van der Waals surface area contributed by atoms with E-state index in [-0.39, 0.29) is 17.6 Å². The van der Waals surface area contributed by atoms with Crippen LogP contribution in [0.15, 0.2) is 49.2 Å². The molecular weight excluding hydrogens is 370 g/mol. The number of benzene rings is 1. The van der Waals surface area contributed by atoms with E-state index in [1.807, 2.05) is 29.3 Å². The Morgan fingerprint density at radius 1 is 1.21 bits per heavy atom. The predicted molar refractivity (Wildman–Crippen MR) is 108 cm³/mol. The Bertz CT molecular complexity index is 975. The molecule has 29 heavy (non-hydrogen) atoms. The van der Waals surface area contributed by atoms with Crippen molar-refractivity contribution in [3.8, 4) is 5.69 Å². The van der Waals surface area contributed by atoms with E-state index in [2.05, 4.69) is 25.6 Å². The fourth-order valence-corrected chi connectivity index (χ4v) is 3.63. The molecule has 2 aromatic heterocycles. The molecule has 1 aromatic carbocycles. The van der Waals surface area contributed by atoms with Crippen LogP contribution in [-0.4, -0.2) is 43.0 Å². The summed E-state index contributed by atoms with van der Waals surface area (Å²) in [4.78, 5) is 21.8. The summed E-state index contributed by atoms with van der Waals surface area (Å²) < 4.78 is 0. The van der Waals surface area contributed by atoms with Crippen molar-refractivity contribution in [3.05, 3.63) is 54.7 Å². The van der Waals surface area contributed by atoms with Crippen molar-refractivity contribution in [2.24, 2.45) is 11.5 Å². The lowest BCUT2D eigenvalue weighted by molar-refractivity contribution is 0.1000. The van der Waals surface area contributed by atoms with Gasteiger partial charge in [0.2, 0.25) is 0 Å². The highest BCUT2D eigenvalue weighted by Crippen LogP contribution is 2.28. The maximum absolute atomic E-state index is 12.0. The van der Waals surface area contributed by atoms with Crippen LogP contribution in [0.25, 0.3) is 5.69 Å². The van der Waals surface area contributed by atoms with Crippen LogP contribution in [-0.2, 0) is 0 Å². The van der Waals surface area contributed by atoms with E-state index in [9.17, 15) is 4.79 Å². The third-order valence-corrected chi connectivity index (χ3v) is 5.04. The molecule has 0 radical (unpaired) electrons. The van der Waals surface area contributed by atoms with Crippen molar-refractivity contribution >= 4 is 17.4 Å². The van der Waals surface area contributed by atoms with Crippen LogP contribution in [0.4, 0.5) is 11.5 Å². The molecule has 10 nitrogen and oxygen atoms in total. The topological polar surface area (TPSA) is 141 Å². The first-order valence-electron chi connectivity index (χ1n) is 9.51. The van der Waals surface area contributed by atoms with Gasteiger partial charge in [0.05, 0.1) is 29.8 Å². The number of hydrogen-bond donors (Lipinski definition) is 3. The number of amides is 1. The van der Waals surface area contributed by atoms with Gasteiger partial charge in [0.1, 0.15) is 11.9 Å². The predicted octanol–water partition coefficient (Wildman–Crippen LogP) is 1.26. The van der Waals surface area contributed by atoms with Crippen molar-refractivity contribution in [2.45, 2.75) is 37.8 Å². The summed E-state index contributed by atoms with van der Waals surface area (Å²) in [6.45, 7) is 0. The van der Waals surface area contributed by atoms with Crippen molar-refractivity contribution in [2.75, 3.05) is 10.4 Å². The lowest BCUT2D eigenvalue weighted by atomic mass is 9.90. The van der Waals surface area contributed by atoms with Crippen LogP contribution in [0.3, 0.4) is 0 Å². The fourth-order valence-electron chi connectivity index (χ4n) is 3.63. The molecule has 1 fully saturated rings. The second-order valence-corrected chi connectivity index (χ2v) is 6.99. The first-order chi connectivity index (χ1) is 14.1. The number of aromatic nitrogens is 5. The number of nitrogens with zero attached hydrogens (tertiary/aromatic N) is 6. The lowest BCUT2D eigenvalue weighted by Gasteiger charge is -2.39. The van der Waals surface area contributed by atoms with Gasteiger partial charge in [0.25, 0.3) is 5.91 Å². The Balaban J connectivity index is 1.72. The number of carbonyl (C=O) groups is 1. The summed E-state index contributed by atoms with van der Waals surface area (Å²) >= 11 is 0. The third kappa shape index (κ3) is 4.02. The van der Waals surface area contributed by atoms with Gasteiger partial charge < -0.3 is 11.5 Å². The van der Waals surface area contributed by atoms with Gasteiger partial charge in [-0.2, -0.15) is 15.0 Å². The number of rotatable bonds is 6. The number of nitrogens with one attached hydrogen (secondary N) is 1. The molecule has 0 spiro atoms. The van der Waals surface area contributed by atoms with Crippen LogP contribution in [0.2, 0.25) is 0 Å². The molecular formula is C19H23N9O. The van der Waals surface area contributed by atoms with Gasteiger partial charge in [0, 0.05) is 12.2 Å². The second-order valence-electron chi connectivity index (χ2n) is 6.99. The van der Waals surface area contributed by atoms with Crippen LogP contribution < -0.4 is 21.9 Å². The number of anilines is 2. The van der Waals surface area contributed by atoms with Gasteiger partial charge >= 0.3 is 0 Å². The Kier molecular flexibility index (Phi) is 5.34. The SMILES string of the molecule is NC(=O)c1cncnc1N(Nc1cccc(-n2nccn2)c1)[C@@H]1CCCC[C@@H]1N. The molecule has 2 heterocycles. The molecule has 0 aliphatic heterocycles. The second kappa shape index (κ2) is 8.23. The lowest BCUT2D eigenvalue weighted by Crippen LogP contribution is -2.53. The Hall–Kier alpha value is -3.53. The van der Waals surface area contributed by atoms with Crippen molar-refractivity contribution < 1.29 is 4.79 Å². The molecule has 2 atom stereocenters. The van der Waals surface area contributed by atoms with Crippen molar-refractivity contribution in [3.63, 3.8) is 0 Å². The summed E-state index contributed by atoms with van der Waals surface area (Å²) in [7, 11) is 0. The molecule has 5 N–H and O–H groups in total. The number of carbonyl (C=O) groups excluding carboxylic acids is 1. The summed E-state index contributed by atoms with van der Waals surface area (Å²) in [5.74, 6) is -0.177. The van der Waals surface area contributed by atoms with E-state index in [0.717, 1.165) is 37.1 Å². The Labute approximate surface area is 167 Å². The van der Waals surface area contributed by atoms with E-state index in [4.69, 9.17) is 11.5 Å². The Morgan fingerprint density at radius 2 is 2.00 bits per heavy atom. The molecule has 10 heteroatoms. The fraction of sp³-hybridized carbons (Fsp3) is 0.316. The van der Waals surface area contributed by atoms with E-state index in [1.165, 1.54) is 17.3 Å². The molecule has 1 saturated carbocycles. The smallest absolute Gasteiger partial charge is 0.254 e. The number of nitrogens with two attached hydrogens (primary N) is 2. The van der Waals surface area contributed by atoms with Crippen molar-refractivity contribution in [1.82, 2.24) is 25.0 Å². The largest absolute Gasteiger partial charge is 0.365 e. The molecule has 4 rings (SSSR count). The van der Waals surface area contributed by atoms with Crippen molar-refractivity contribution in [1.29, 1.82) is 0 Å². The standard InChI is InChI=1S/C19H23N9O/c20-16-6-1-2-7-17(16)27(19-15(18(21)29)11-22-12-23-19)26-13-4-3-5-14(10-13)28-24-8-9-25-28/h3-5,8-12,16-17,26H,1-2,6-7,20H2,(H2,21,29)/t16-,17+/m0/s1. The van der Waals surface area contributed by atoms with Gasteiger partial charge in [0.15, 0.2) is 5.82 Å². The van der Waals surface area contributed by atoms with E-state index in [1.54, 1.807) is 12.4 Å². The summed E-state index contributed by atoms with van der Waals surface area (Å²) in [5.41, 5.74) is 17.2. The van der Waals surface area contributed by atoms with E-state index in [0.29, 0.717) is 5.82 Å². The Morgan fingerprint density at radius 3 is 2.76 bits per heavy atom. The zero-order valence-corrected chi connectivity index (χ0v) is 15.8. The highest BCUT2D eigenvalue weighted by atomic mass is 16.1.